The van der Waals surface area contributed by atoms with Crippen LogP contribution >= 0.6 is 24.0 Å². The minimum absolute atomic E-state index is 0. The molecule has 0 spiro atoms. The van der Waals surface area contributed by atoms with Crippen LogP contribution in [0.15, 0.2) is 41.5 Å². The number of methoxy groups -OCH3 is 2. The molecule has 148 valence electrons. The van der Waals surface area contributed by atoms with Crippen molar-refractivity contribution in [2.24, 2.45) is 4.99 Å². The maximum Gasteiger partial charge on any atom is 0.218 e. The van der Waals surface area contributed by atoms with Crippen LogP contribution in [-0.4, -0.2) is 38.3 Å². The number of hydrogen-bond donors (Lipinski definition) is 2. The van der Waals surface area contributed by atoms with Crippen LogP contribution in [0, 0.1) is 6.92 Å². The summed E-state index contributed by atoms with van der Waals surface area (Å²) in [5.74, 6) is 2.31. The molecule has 0 saturated carbocycles. The van der Waals surface area contributed by atoms with Gasteiger partial charge in [-0.1, -0.05) is 18.2 Å². The summed E-state index contributed by atoms with van der Waals surface area (Å²) in [6.07, 6.45) is 2.60. The predicted molar refractivity (Wildman–Crippen MR) is 120 cm³/mol. The number of aliphatic imine (C=N–C) groups is 1. The summed E-state index contributed by atoms with van der Waals surface area (Å²) >= 11 is 0. The lowest BCUT2D eigenvalue weighted by Gasteiger charge is -2.12. The fraction of sp³-hybridized carbons (Fsp3) is 0.400. The molecular formula is C20H29IN4O2. The monoisotopic (exact) mass is 484 g/mol. The molecule has 6 nitrogen and oxygen atoms in total. The number of benzene rings is 1. The maximum atomic E-state index is 5.39. The number of guanidine groups is 1. The second-order valence-corrected chi connectivity index (χ2v) is 5.85. The van der Waals surface area contributed by atoms with Crippen LogP contribution in [0.4, 0.5) is 0 Å². The molecule has 0 aliphatic heterocycles. The predicted octanol–water partition coefficient (Wildman–Crippen LogP) is 3.32. The van der Waals surface area contributed by atoms with Crippen molar-refractivity contribution in [1.29, 1.82) is 0 Å². The summed E-state index contributed by atoms with van der Waals surface area (Å²) in [6.45, 7) is 6.18. The van der Waals surface area contributed by atoms with Crippen molar-refractivity contribution in [2.75, 3.05) is 27.3 Å². The quantitative estimate of drug-likeness (QED) is 0.342. The Bertz CT molecular complexity index is 738. The van der Waals surface area contributed by atoms with E-state index in [2.05, 4.69) is 38.8 Å². The molecule has 0 amide bonds. The first-order valence-electron chi connectivity index (χ1n) is 8.81. The first kappa shape index (κ1) is 23.0. The summed E-state index contributed by atoms with van der Waals surface area (Å²) in [7, 11) is 3.32. The van der Waals surface area contributed by atoms with Gasteiger partial charge in [0.25, 0.3) is 0 Å². The van der Waals surface area contributed by atoms with Crippen molar-refractivity contribution in [3.8, 4) is 11.6 Å². The summed E-state index contributed by atoms with van der Waals surface area (Å²) in [5.41, 5.74) is 3.32. The standard InChI is InChI=1S/C20H28N4O2.HI/c1-5-21-20(24-14-17-7-6-11-22-19(17)26-4)23-12-10-16-9-8-15(2)18(13-16)25-3;/h6-9,11,13H,5,10,12,14H2,1-4H3,(H2,21,23,24);1H. The fourth-order valence-electron chi connectivity index (χ4n) is 2.58. The van der Waals surface area contributed by atoms with Crippen molar-refractivity contribution >= 4 is 29.9 Å². The maximum absolute atomic E-state index is 5.39. The van der Waals surface area contributed by atoms with Gasteiger partial charge in [-0.15, -0.1) is 24.0 Å². The van der Waals surface area contributed by atoms with Gasteiger partial charge in [-0.05, 0) is 43.5 Å². The molecular weight excluding hydrogens is 455 g/mol. The van der Waals surface area contributed by atoms with Crippen LogP contribution in [0.2, 0.25) is 0 Å². The molecule has 27 heavy (non-hydrogen) atoms. The van der Waals surface area contributed by atoms with Gasteiger partial charge >= 0.3 is 0 Å². The molecule has 0 radical (unpaired) electrons. The highest BCUT2D eigenvalue weighted by molar-refractivity contribution is 14.0. The summed E-state index contributed by atoms with van der Waals surface area (Å²) < 4.78 is 10.7. The molecule has 0 atom stereocenters. The van der Waals surface area contributed by atoms with Crippen LogP contribution in [0.25, 0.3) is 0 Å². The number of pyridine rings is 1. The number of aromatic nitrogens is 1. The largest absolute Gasteiger partial charge is 0.496 e. The van der Waals surface area contributed by atoms with E-state index < -0.39 is 0 Å². The zero-order valence-corrected chi connectivity index (χ0v) is 18.7. The molecule has 2 aromatic rings. The molecule has 0 aliphatic rings. The Kier molecular flexibility index (Phi) is 10.5. The molecule has 0 fully saturated rings. The highest BCUT2D eigenvalue weighted by atomic mass is 127. The van der Waals surface area contributed by atoms with Gasteiger partial charge in [0, 0.05) is 24.8 Å². The van der Waals surface area contributed by atoms with Crippen LogP contribution in [0.1, 0.15) is 23.6 Å². The highest BCUT2D eigenvalue weighted by Crippen LogP contribution is 2.19. The second-order valence-electron chi connectivity index (χ2n) is 5.85. The van der Waals surface area contributed by atoms with Gasteiger partial charge in [0.1, 0.15) is 5.75 Å². The Hall–Kier alpha value is -2.03. The molecule has 0 aliphatic carbocycles. The van der Waals surface area contributed by atoms with E-state index in [9.17, 15) is 0 Å². The Morgan fingerprint density at radius 3 is 2.67 bits per heavy atom. The molecule has 2 rings (SSSR count). The SMILES string of the molecule is CCNC(=NCc1cccnc1OC)NCCc1ccc(C)c(OC)c1.I. The van der Waals surface area contributed by atoms with Gasteiger partial charge in [-0.3, -0.25) is 0 Å². The zero-order chi connectivity index (χ0) is 18.8. The Balaban J connectivity index is 0.00000364. The summed E-state index contributed by atoms with van der Waals surface area (Å²) in [4.78, 5) is 8.82. The van der Waals surface area contributed by atoms with Crippen LogP contribution in [-0.2, 0) is 13.0 Å². The molecule has 1 aromatic heterocycles. The van der Waals surface area contributed by atoms with E-state index in [-0.39, 0.29) is 24.0 Å². The molecule has 0 saturated heterocycles. The third-order valence-electron chi connectivity index (χ3n) is 3.97. The van der Waals surface area contributed by atoms with E-state index in [1.54, 1.807) is 20.4 Å². The van der Waals surface area contributed by atoms with Gasteiger partial charge in [-0.25, -0.2) is 9.98 Å². The fourth-order valence-corrected chi connectivity index (χ4v) is 2.58. The van der Waals surface area contributed by atoms with Gasteiger partial charge in [0.15, 0.2) is 5.96 Å². The minimum atomic E-state index is 0. The van der Waals surface area contributed by atoms with Crippen molar-refractivity contribution < 1.29 is 9.47 Å². The average Bonchev–Trinajstić information content (AvgIpc) is 2.67. The van der Waals surface area contributed by atoms with Crippen LogP contribution in [0.5, 0.6) is 11.6 Å². The van der Waals surface area contributed by atoms with Gasteiger partial charge < -0.3 is 20.1 Å². The number of ether oxygens (including phenoxy) is 2. The first-order chi connectivity index (χ1) is 12.7. The first-order valence-corrected chi connectivity index (χ1v) is 8.81. The molecule has 1 aromatic carbocycles. The number of aryl methyl sites for hydroxylation is 1. The van der Waals surface area contributed by atoms with Crippen molar-refractivity contribution in [3.63, 3.8) is 0 Å². The van der Waals surface area contributed by atoms with Gasteiger partial charge in [0.2, 0.25) is 5.88 Å². The zero-order valence-electron chi connectivity index (χ0n) is 16.4. The smallest absolute Gasteiger partial charge is 0.218 e. The lowest BCUT2D eigenvalue weighted by atomic mass is 10.1. The number of hydrogen-bond acceptors (Lipinski definition) is 4. The normalized spacial score (nSPS) is 10.7. The number of halogens is 1. The van der Waals surface area contributed by atoms with Crippen LogP contribution in [0.3, 0.4) is 0 Å². The van der Waals surface area contributed by atoms with Crippen molar-refractivity contribution in [3.05, 3.63) is 53.2 Å². The van der Waals surface area contributed by atoms with Crippen molar-refractivity contribution in [2.45, 2.75) is 26.8 Å². The number of nitrogens with one attached hydrogen (secondary N) is 2. The second kappa shape index (κ2) is 12.4. The van der Waals surface area contributed by atoms with Gasteiger partial charge in [-0.2, -0.15) is 0 Å². The molecule has 0 bridgehead atoms. The van der Waals surface area contributed by atoms with E-state index in [1.807, 2.05) is 26.0 Å². The minimum Gasteiger partial charge on any atom is -0.496 e. The summed E-state index contributed by atoms with van der Waals surface area (Å²) in [6, 6.07) is 10.2. The third-order valence-corrected chi connectivity index (χ3v) is 3.97. The summed E-state index contributed by atoms with van der Waals surface area (Å²) in [5, 5.41) is 6.63. The molecule has 7 heteroatoms. The number of rotatable bonds is 8. The molecule has 1 heterocycles. The lowest BCUT2D eigenvalue weighted by molar-refractivity contribution is 0.392. The van der Waals surface area contributed by atoms with E-state index >= 15 is 0 Å². The Labute approximate surface area is 178 Å². The van der Waals surface area contributed by atoms with E-state index in [0.29, 0.717) is 12.4 Å². The Morgan fingerprint density at radius 2 is 1.96 bits per heavy atom. The lowest BCUT2D eigenvalue weighted by Crippen LogP contribution is -2.38. The third kappa shape index (κ3) is 7.24. The van der Waals surface area contributed by atoms with E-state index in [1.165, 1.54) is 5.56 Å². The molecule has 0 unspecified atom stereocenters. The average molecular weight is 484 g/mol. The Morgan fingerprint density at radius 1 is 1.15 bits per heavy atom. The van der Waals surface area contributed by atoms with Crippen molar-refractivity contribution in [1.82, 2.24) is 15.6 Å². The van der Waals surface area contributed by atoms with E-state index in [4.69, 9.17) is 9.47 Å². The van der Waals surface area contributed by atoms with E-state index in [0.717, 1.165) is 42.3 Å². The number of nitrogens with zero attached hydrogens (tertiary/aromatic N) is 2. The van der Waals surface area contributed by atoms with Crippen LogP contribution < -0.4 is 20.1 Å². The highest BCUT2D eigenvalue weighted by Gasteiger charge is 2.04. The molecule has 2 N–H and O–H groups in total. The topological polar surface area (TPSA) is 67.8 Å². The van der Waals surface area contributed by atoms with Gasteiger partial charge in [0.05, 0.1) is 20.8 Å².